The molecule has 0 atom stereocenters. The standard InChI is InChI=1S/C26H19ClF4P/c27-24-17-20(26(29,30)31)16-19(25(24)28)18-32(21-10-4-1-5-11-21,22-12-6-2-7-13-22)23-14-8-3-9-15-23/h1-17H,18H2/q+1. The molecule has 0 nitrogen and oxygen atoms in total. The van der Waals surface area contributed by atoms with Crippen LogP contribution in [0.4, 0.5) is 17.6 Å². The van der Waals surface area contributed by atoms with E-state index in [1.165, 1.54) is 0 Å². The van der Waals surface area contributed by atoms with Gasteiger partial charge in [-0.1, -0.05) is 66.2 Å². The van der Waals surface area contributed by atoms with Crippen molar-refractivity contribution >= 4 is 34.8 Å². The lowest BCUT2D eigenvalue weighted by Crippen LogP contribution is -2.32. The summed E-state index contributed by atoms with van der Waals surface area (Å²) in [6.45, 7) is 0. The van der Waals surface area contributed by atoms with Crippen LogP contribution in [0.1, 0.15) is 11.1 Å². The number of halogens is 5. The molecule has 0 spiro atoms. The molecule has 0 heterocycles. The molecule has 0 aliphatic carbocycles. The molecule has 4 aromatic rings. The molecule has 0 unspecified atom stereocenters. The average molecular weight is 474 g/mol. The fourth-order valence-electron chi connectivity index (χ4n) is 3.95. The fourth-order valence-corrected chi connectivity index (χ4v) is 8.41. The number of rotatable bonds is 5. The molecule has 0 bridgehead atoms. The molecule has 4 aromatic carbocycles. The van der Waals surface area contributed by atoms with Crippen molar-refractivity contribution in [2.75, 3.05) is 0 Å². The summed E-state index contributed by atoms with van der Waals surface area (Å²) in [5.41, 5.74) is -0.999. The monoisotopic (exact) mass is 473 g/mol. The van der Waals surface area contributed by atoms with Crippen LogP contribution in [0.15, 0.2) is 103 Å². The molecule has 0 fully saturated rings. The predicted octanol–water partition coefficient (Wildman–Crippen LogP) is 6.99. The lowest BCUT2D eigenvalue weighted by molar-refractivity contribution is -0.137. The van der Waals surface area contributed by atoms with Crippen molar-refractivity contribution in [2.24, 2.45) is 0 Å². The Morgan fingerprint density at radius 3 is 1.44 bits per heavy atom. The molecule has 0 radical (unpaired) electrons. The van der Waals surface area contributed by atoms with Crippen molar-refractivity contribution in [1.82, 2.24) is 0 Å². The summed E-state index contributed by atoms with van der Waals surface area (Å²) in [5.74, 6) is -0.813. The average Bonchev–Trinajstić information content (AvgIpc) is 2.81. The van der Waals surface area contributed by atoms with E-state index in [9.17, 15) is 13.2 Å². The Kier molecular flexibility index (Phi) is 6.37. The summed E-state index contributed by atoms with van der Waals surface area (Å²) < 4.78 is 55.7. The predicted molar refractivity (Wildman–Crippen MR) is 125 cm³/mol. The van der Waals surface area contributed by atoms with Gasteiger partial charge >= 0.3 is 6.18 Å². The number of alkyl halides is 3. The Hall–Kier alpha value is -2.68. The van der Waals surface area contributed by atoms with E-state index in [-0.39, 0.29) is 11.7 Å². The summed E-state index contributed by atoms with van der Waals surface area (Å²) in [6, 6.07) is 30.3. The largest absolute Gasteiger partial charge is 0.416 e. The van der Waals surface area contributed by atoms with Gasteiger partial charge in [-0.25, -0.2) is 4.39 Å². The first-order valence-corrected chi connectivity index (χ1v) is 12.3. The lowest BCUT2D eigenvalue weighted by Gasteiger charge is -2.28. The molecule has 0 N–H and O–H groups in total. The first kappa shape index (κ1) is 22.5. The van der Waals surface area contributed by atoms with Crippen LogP contribution in [0.5, 0.6) is 0 Å². The normalized spacial score (nSPS) is 12.0. The third-order valence-electron chi connectivity index (χ3n) is 5.43. The maximum absolute atomic E-state index is 15.2. The zero-order valence-corrected chi connectivity index (χ0v) is 18.5. The van der Waals surface area contributed by atoms with Gasteiger partial charge in [0.15, 0.2) is 0 Å². The molecule has 0 aliphatic rings. The van der Waals surface area contributed by atoms with Crippen molar-refractivity contribution < 1.29 is 17.6 Å². The van der Waals surface area contributed by atoms with E-state index < -0.39 is 29.8 Å². The maximum atomic E-state index is 15.2. The van der Waals surface area contributed by atoms with E-state index in [1.54, 1.807) is 0 Å². The van der Waals surface area contributed by atoms with Crippen molar-refractivity contribution in [3.63, 3.8) is 0 Å². The highest BCUT2D eigenvalue weighted by Crippen LogP contribution is 2.58. The Morgan fingerprint density at radius 2 is 1.06 bits per heavy atom. The van der Waals surface area contributed by atoms with Crippen LogP contribution in [0.25, 0.3) is 0 Å². The molecule has 0 aliphatic heterocycles. The van der Waals surface area contributed by atoms with Crippen LogP contribution in [-0.2, 0) is 12.3 Å². The molecule has 0 saturated carbocycles. The number of benzene rings is 4. The van der Waals surface area contributed by atoms with Crippen LogP contribution < -0.4 is 15.9 Å². The highest BCUT2D eigenvalue weighted by Gasteiger charge is 2.46. The summed E-state index contributed by atoms with van der Waals surface area (Å²) in [6.07, 6.45) is -4.56. The molecule has 0 saturated heterocycles. The molecule has 162 valence electrons. The lowest BCUT2D eigenvalue weighted by atomic mass is 10.1. The van der Waals surface area contributed by atoms with Crippen molar-refractivity contribution in [2.45, 2.75) is 12.3 Å². The topological polar surface area (TPSA) is 0 Å². The highest BCUT2D eigenvalue weighted by molar-refractivity contribution is 7.95. The van der Waals surface area contributed by atoms with Crippen LogP contribution in [0.2, 0.25) is 5.02 Å². The Balaban J connectivity index is 2.03. The SMILES string of the molecule is Fc1c(Cl)cc(C(F)(F)F)cc1C[P+](c1ccccc1)(c1ccccc1)c1ccccc1. The van der Waals surface area contributed by atoms with E-state index >= 15 is 4.39 Å². The van der Waals surface area contributed by atoms with Gasteiger partial charge < -0.3 is 0 Å². The van der Waals surface area contributed by atoms with E-state index in [0.717, 1.165) is 22.0 Å². The van der Waals surface area contributed by atoms with Gasteiger partial charge in [-0.2, -0.15) is 13.2 Å². The van der Waals surface area contributed by atoms with E-state index in [2.05, 4.69) is 0 Å². The minimum absolute atomic E-state index is 0.0466. The summed E-state index contributed by atoms with van der Waals surface area (Å²) in [4.78, 5) is 0. The smallest absolute Gasteiger partial charge is 0.205 e. The van der Waals surface area contributed by atoms with Crippen molar-refractivity contribution in [3.8, 4) is 0 Å². The second-order valence-corrected chi connectivity index (χ2v) is 11.3. The van der Waals surface area contributed by atoms with Gasteiger partial charge in [-0.3, -0.25) is 0 Å². The molecular formula is C26H19ClF4P+. The Bertz CT molecular complexity index is 1100. The first-order chi connectivity index (χ1) is 15.3. The molecular weight excluding hydrogens is 455 g/mol. The minimum atomic E-state index is -4.63. The minimum Gasteiger partial charge on any atom is -0.205 e. The van der Waals surface area contributed by atoms with Gasteiger partial charge in [0.2, 0.25) is 0 Å². The maximum Gasteiger partial charge on any atom is 0.416 e. The summed E-state index contributed by atoms with van der Waals surface area (Å²) in [5, 5.41) is 2.32. The molecule has 6 heteroatoms. The Labute approximate surface area is 189 Å². The number of hydrogen-bond acceptors (Lipinski definition) is 0. The van der Waals surface area contributed by atoms with Gasteiger partial charge in [0.1, 0.15) is 35.2 Å². The summed E-state index contributed by atoms with van der Waals surface area (Å²) >= 11 is 5.93. The quantitative estimate of drug-likeness (QED) is 0.216. The van der Waals surface area contributed by atoms with Crippen molar-refractivity contribution in [3.05, 3.63) is 125 Å². The van der Waals surface area contributed by atoms with Gasteiger partial charge in [0.05, 0.1) is 10.6 Å². The van der Waals surface area contributed by atoms with Crippen molar-refractivity contribution in [1.29, 1.82) is 0 Å². The van der Waals surface area contributed by atoms with Crippen LogP contribution in [0.3, 0.4) is 0 Å². The zero-order valence-electron chi connectivity index (χ0n) is 16.9. The van der Waals surface area contributed by atoms with Gasteiger partial charge in [-0.05, 0) is 48.5 Å². The zero-order chi connectivity index (χ0) is 22.8. The highest BCUT2D eigenvalue weighted by atomic mass is 35.5. The van der Waals surface area contributed by atoms with E-state index in [4.69, 9.17) is 11.6 Å². The number of hydrogen-bond donors (Lipinski definition) is 0. The second-order valence-electron chi connectivity index (χ2n) is 7.40. The fraction of sp³-hybridized carbons (Fsp3) is 0.0769. The van der Waals surface area contributed by atoms with Gasteiger partial charge in [0, 0.05) is 5.56 Å². The van der Waals surface area contributed by atoms with E-state index in [0.29, 0.717) is 6.07 Å². The Morgan fingerprint density at radius 1 is 0.656 bits per heavy atom. The molecule has 0 aromatic heterocycles. The third-order valence-corrected chi connectivity index (χ3v) is 10.1. The second kappa shape index (κ2) is 9.05. The van der Waals surface area contributed by atoms with Gasteiger partial charge in [0.25, 0.3) is 0 Å². The molecule has 32 heavy (non-hydrogen) atoms. The third kappa shape index (κ3) is 4.30. The van der Waals surface area contributed by atoms with Crippen LogP contribution >= 0.6 is 18.9 Å². The first-order valence-electron chi connectivity index (χ1n) is 9.92. The summed E-state index contributed by atoms with van der Waals surface area (Å²) in [7, 11) is -2.56. The van der Waals surface area contributed by atoms with Gasteiger partial charge in [-0.15, -0.1) is 0 Å². The molecule has 4 rings (SSSR count). The van der Waals surface area contributed by atoms with E-state index in [1.807, 2.05) is 91.0 Å². The van der Waals surface area contributed by atoms with Crippen LogP contribution in [-0.4, -0.2) is 0 Å². The van der Waals surface area contributed by atoms with Crippen LogP contribution in [0, 0.1) is 5.82 Å². The molecule has 0 amide bonds.